The molecular formula is C31H37Cl2N3O5S. The van der Waals surface area contributed by atoms with Crippen molar-refractivity contribution in [3.8, 4) is 5.75 Å². The number of carbonyl (C=O) groups excluding carboxylic acids is 2. The minimum absolute atomic E-state index is 0.0145. The number of methoxy groups -OCH3 is 1. The molecule has 0 spiro atoms. The van der Waals surface area contributed by atoms with E-state index in [0.717, 1.165) is 9.87 Å². The summed E-state index contributed by atoms with van der Waals surface area (Å²) in [7, 11) is -2.80. The van der Waals surface area contributed by atoms with Gasteiger partial charge >= 0.3 is 0 Å². The van der Waals surface area contributed by atoms with E-state index in [1.807, 2.05) is 20.8 Å². The van der Waals surface area contributed by atoms with Gasteiger partial charge in [0.25, 0.3) is 10.0 Å². The van der Waals surface area contributed by atoms with Gasteiger partial charge in [-0.3, -0.25) is 13.9 Å². The van der Waals surface area contributed by atoms with Crippen LogP contribution in [0.1, 0.15) is 44.7 Å². The Balaban J connectivity index is 2.12. The SMILES string of the molecule is CC[C@@H](C)NC(=O)[C@@H](CC)N(Cc1ccc(Cl)cc1Cl)C(=O)CN(c1ccccc1OC)S(=O)(=O)c1ccc(C)cc1. The van der Waals surface area contributed by atoms with Gasteiger partial charge in [-0.05, 0) is 68.7 Å². The number of nitrogens with one attached hydrogen (secondary N) is 1. The fourth-order valence-electron chi connectivity index (χ4n) is 4.38. The minimum atomic E-state index is -4.23. The van der Waals surface area contributed by atoms with Gasteiger partial charge in [0, 0.05) is 22.6 Å². The standard InChI is InChI=1S/C31H37Cl2N3O5S/c1-6-22(4)34-31(38)27(7-2)35(19-23-14-15-24(32)18-26(23)33)30(37)20-36(28-10-8-9-11-29(28)41-5)42(39,40)25-16-12-21(3)13-17-25/h8-18,22,27H,6-7,19-20H2,1-5H3,(H,34,38)/t22-,27-/m1/s1. The lowest BCUT2D eigenvalue weighted by Gasteiger charge is -2.34. The number of rotatable bonds is 13. The van der Waals surface area contributed by atoms with Gasteiger partial charge in [-0.2, -0.15) is 0 Å². The first-order valence-corrected chi connectivity index (χ1v) is 15.9. The Morgan fingerprint density at radius 2 is 1.64 bits per heavy atom. The van der Waals surface area contributed by atoms with E-state index >= 15 is 0 Å². The van der Waals surface area contributed by atoms with Crippen LogP contribution in [-0.4, -0.2) is 50.9 Å². The first-order valence-electron chi connectivity index (χ1n) is 13.7. The summed E-state index contributed by atoms with van der Waals surface area (Å²) in [5.41, 5.74) is 1.64. The van der Waals surface area contributed by atoms with Crippen molar-refractivity contribution in [1.82, 2.24) is 10.2 Å². The molecule has 226 valence electrons. The zero-order valence-electron chi connectivity index (χ0n) is 24.4. The maximum atomic E-state index is 14.2. The number of benzene rings is 3. The van der Waals surface area contributed by atoms with Crippen LogP contribution in [0.25, 0.3) is 0 Å². The third-order valence-corrected chi connectivity index (χ3v) is 9.35. The van der Waals surface area contributed by atoms with E-state index in [-0.39, 0.29) is 34.8 Å². The molecule has 11 heteroatoms. The summed E-state index contributed by atoms with van der Waals surface area (Å²) in [6, 6.07) is 16.8. The van der Waals surface area contributed by atoms with E-state index < -0.39 is 28.5 Å². The Bertz CT molecular complexity index is 1500. The van der Waals surface area contributed by atoms with Gasteiger partial charge in [-0.1, -0.05) is 72.9 Å². The van der Waals surface area contributed by atoms with Gasteiger partial charge in [-0.25, -0.2) is 8.42 Å². The summed E-state index contributed by atoms with van der Waals surface area (Å²) in [4.78, 5) is 29.0. The van der Waals surface area contributed by atoms with Crippen molar-refractivity contribution < 1.29 is 22.7 Å². The first kappa shape index (κ1) is 33.2. The van der Waals surface area contributed by atoms with Gasteiger partial charge in [0.1, 0.15) is 18.3 Å². The molecule has 0 aliphatic carbocycles. The van der Waals surface area contributed by atoms with Gasteiger partial charge in [0.15, 0.2) is 0 Å². The van der Waals surface area contributed by atoms with E-state index in [1.165, 1.54) is 24.1 Å². The van der Waals surface area contributed by atoms with Crippen LogP contribution in [0.3, 0.4) is 0 Å². The number of halogens is 2. The average Bonchev–Trinajstić information content (AvgIpc) is 2.96. The Kier molecular flexibility index (Phi) is 11.7. The quantitative estimate of drug-likeness (QED) is 0.241. The Morgan fingerprint density at radius 1 is 0.976 bits per heavy atom. The number of nitrogens with zero attached hydrogens (tertiary/aromatic N) is 2. The number of aryl methyl sites for hydroxylation is 1. The number of anilines is 1. The number of hydrogen-bond donors (Lipinski definition) is 1. The molecule has 1 N–H and O–H groups in total. The van der Waals surface area contributed by atoms with E-state index in [0.29, 0.717) is 28.5 Å². The second kappa shape index (κ2) is 14.8. The molecule has 0 unspecified atom stereocenters. The number of ether oxygens (including phenoxy) is 1. The molecule has 0 aromatic heterocycles. The molecule has 3 aromatic carbocycles. The summed E-state index contributed by atoms with van der Waals surface area (Å²) in [5.74, 6) is -0.654. The molecule has 8 nitrogen and oxygen atoms in total. The summed E-state index contributed by atoms with van der Waals surface area (Å²) in [6.45, 7) is 6.85. The van der Waals surface area contributed by atoms with Crippen LogP contribution in [0.15, 0.2) is 71.6 Å². The van der Waals surface area contributed by atoms with Crippen molar-refractivity contribution in [1.29, 1.82) is 0 Å². The number of para-hydroxylation sites is 2. The fourth-order valence-corrected chi connectivity index (χ4v) is 6.27. The number of sulfonamides is 1. The molecule has 0 saturated carbocycles. The van der Waals surface area contributed by atoms with E-state index in [1.54, 1.807) is 61.5 Å². The monoisotopic (exact) mass is 633 g/mol. The maximum absolute atomic E-state index is 14.2. The summed E-state index contributed by atoms with van der Waals surface area (Å²) in [6.07, 6.45) is 0.994. The molecule has 0 radical (unpaired) electrons. The van der Waals surface area contributed by atoms with E-state index in [4.69, 9.17) is 27.9 Å². The number of hydrogen-bond acceptors (Lipinski definition) is 5. The van der Waals surface area contributed by atoms with Crippen molar-refractivity contribution in [3.63, 3.8) is 0 Å². The molecule has 0 bridgehead atoms. The lowest BCUT2D eigenvalue weighted by Crippen LogP contribution is -2.53. The third-order valence-electron chi connectivity index (χ3n) is 6.98. The lowest BCUT2D eigenvalue weighted by atomic mass is 10.1. The topological polar surface area (TPSA) is 96.0 Å². The van der Waals surface area contributed by atoms with Crippen LogP contribution < -0.4 is 14.4 Å². The molecule has 0 aliphatic rings. The zero-order valence-corrected chi connectivity index (χ0v) is 26.8. The molecule has 3 aromatic rings. The first-order chi connectivity index (χ1) is 19.9. The third kappa shape index (κ3) is 7.96. The molecular weight excluding hydrogens is 597 g/mol. The average molecular weight is 635 g/mol. The smallest absolute Gasteiger partial charge is 0.264 e. The summed E-state index contributed by atoms with van der Waals surface area (Å²) in [5, 5.41) is 3.70. The molecule has 0 aliphatic heterocycles. The molecule has 3 rings (SSSR count). The van der Waals surface area contributed by atoms with Crippen LogP contribution in [-0.2, 0) is 26.2 Å². The molecule has 0 fully saturated rings. The lowest BCUT2D eigenvalue weighted by molar-refractivity contribution is -0.140. The summed E-state index contributed by atoms with van der Waals surface area (Å²) < 4.78 is 34.6. The van der Waals surface area contributed by atoms with E-state index in [9.17, 15) is 18.0 Å². The van der Waals surface area contributed by atoms with Crippen molar-refractivity contribution in [3.05, 3.63) is 87.9 Å². The van der Waals surface area contributed by atoms with Crippen LogP contribution in [0.5, 0.6) is 5.75 Å². The highest BCUT2D eigenvalue weighted by Crippen LogP contribution is 2.33. The second-order valence-electron chi connectivity index (χ2n) is 10.00. The second-order valence-corrected chi connectivity index (χ2v) is 12.7. The highest BCUT2D eigenvalue weighted by Gasteiger charge is 2.35. The van der Waals surface area contributed by atoms with E-state index in [2.05, 4.69) is 5.32 Å². The Labute approximate surface area is 258 Å². The van der Waals surface area contributed by atoms with Crippen molar-refractivity contribution in [2.24, 2.45) is 0 Å². The van der Waals surface area contributed by atoms with Crippen LogP contribution >= 0.6 is 23.2 Å². The van der Waals surface area contributed by atoms with Gasteiger partial charge in [-0.15, -0.1) is 0 Å². The van der Waals surface area contributed by atoms with Crippen LogP contribution in [0.4, 0.5) is 5.69 Å². The molecule has 42 heavy (non-hydrogen) atoms. The van der Waals surface area contributed by atoms with Crippen LogP contribution in [0, 0.1) is 6.92 Å². The molecule has 0 heterocycles. The van der Waals surface area contributed by atoms with Crippen LogP contribution in [0.2, 0.25) is 10.0 Å². The largest absolute Gasteiger partial charge is 0.495 e. The Hall–Kier alpha value is -3.27. The molecule has 2 atom stereocenters. The molecule has 2 amide bonds. The van der Waals surface area contributed by atoms with Crippen molar-refractivity contribution >= 4 is 50.7 Å². The predicted molar refractivity (Wildman–Crippen MR) is 168 cm³/mol. The predicted octanol–water partition coefficient (Wildman–Crippen LogP) is 6.23. The highest BCUT2D eigenvalue weighted by molar-refractivity contribution is 7.92. The zero-order chi connectivity index (χ0) is 31.0. The Morgan fingerprint density at radius 3 is 2.24 bits per heavy atom. The summed E-state index contributed by atoms with van der Waals surface area (Å²) >= 11 is 12.6. The van der Waals surface area contributed by atoms with Crippen molar-refractivity contribution in [2.45, 2.75) is 64.1 Å². The van der Waals surface area contributed by atoms with Gasteiger partial charge in [0.05, 0.1) is 17.7 Å². The number of carbonyl (C=O) groups is 2. The van der Waals surface area contributed by atoms with Gasteiger partial charge < -0.3 is 15.0 Å². The fraction of sp³-hybridized carbons (Fsp3) is 0.355. The molecule has 0 saturated heterocycles. The normalized spacial score (nSPS) is 12.7. The highest BCUT2D eigenvalue weighted by atomic mass is 35.5. The minimum Gasteiger partial charge on any atom is -0.495 e. The van der Waals surface area contributed by atoms with Crippen molar-refractivity contribution in [2.75, 3.05) is 18.0 Å². The maximum Gasteiger partial charge on any atom is 0.264 e. The number of amides is 2. The van der Waals surface area contributed by atoms with Gasteiger partial charge in [0.2, 0.25) is 11.8 Å².